The number of methoxy groups -OCH3 is 1. The molecule has 0 aromatic carbocycles. The summed E-state index contributed by atoms with van der Waals surface area (Å²) in [6.45, 7) is 3.10. The van der Waals surface area contributed by atoms with Crippen LogP contribution >= 0.6 is 11.5 Å². The zero-order valence-electron chi connectivity index (χ0n) is 11.4. The molecular weight excluding hydrogens is 246 g/mol. The van der Waals surface area contributed by atoms with Crippen molar-refractivity contribution in [1.82, 2.24) is 9.36 Å². The first-order valence-corrected chi connectivity index (χ1v) is 7.71. The molecule has 0 atom stereocenters. The predicted octanol–water partition coefficient (Wildman–Crippen LogP) is 3.56. The van der Waals surface area contributed by atoms with Crippen molar-refractivity contribution in [3.63, 3.8) is 0 Å². The van der Waals surface area contributed by atoms with Gasteiger partial charge in [0.25, 0.3) is 0 Å². The monoisotopic (exact) mass is 269 g/mol. The fraction of sp³-hybridized carbons (Fsp3) is 0.846. The third-order valence-corrected chi connectivity index (χ3v) is 4.33. The molecule has 0 amide bonds. The molecule has 4 nitrogen and oxygen atoms in total. The van der Waals surface area contributed by atoms with Crippen LogP contribution in [0.15, 0.2) is 0 Å². The maximum absolute atomic E-state index is 5.82. The largest absolute Gasteiger partial charge is 0.370 e. The highest BCUT2D eigenvalue weighted by Crippen LogP contribution is 2.38. The van der Waals surface area contributed by atoms with Crippen LogP contribution < -0.4 is 5.32 Å². The van der Waals surface area contributed by atoms with Crippen LogP contribution in [-0.4, -0.2) is 23.0 Å². The van der Waals surface area contributed by atoms with Crippen molar-refractivity contribution in [2.24, 2.45) is 0 Å². The van der Waals surface area contributed by atoms with Gasteiger partial charge in [-0.1, -0.05) is 32.6 Å². The maximum atomic E-state index is 5.82. The molecule has 0 radical (unpaired) electrons. The molecule has 1 aliphatic rings. The molecule has 1 saturated carbocycles. The van der Waals surface area contributed by atoms with Crippen molar-refractivity contribution in [3.8, 4) is 0 Å². The molecule has 0 saturated heterocycles. The number of anilines is 1. The summed E-state index contributed by atoms with van der Waals surface area (Å²) in [6.07, 6.45) is 8.23. The van der Waals surface area contributed by atoms with Gasteiger partial charge in [0.2, 0.25) is 5.13 Å². The standard InChI is InChI=1S/C13H23N3OS/c1-3-10-14-12-15-11(16-18-12)13(17-2)8-6-4-5-7-9-13/h3-10H2,1-2H3,(H,14,15,16). The molecule has 0 spiro atoms. The van der Waals surface area contributed by atoms with Crippen LogP contribution in [-0.2, 0) is 10.3 Å². The van der Waals surface area contributed by atoms with Gasteiger partial charge in [0.1, 0.15) is 5.60 Å². The number of hydrogen-bond acceptors (Lipinski definition) is 5. The minimum atomic E-state index is -0.237. The van der Waals surface area contributed by atoms with Gasteiger partial charge < -0.3 is 10.1 Å². The summed E-state index contributed by atoms with van der Waals surface area (Å²) in [5.41, 5.74) is -0.237. The van der Waals surface area contributed by atoms with E-state index in [1.807, 2.05) is 0 Å². The lowest BCUT2D eigenvalue weighted by molar-refractivity contribution is -0.0341. The van der Waals surface area contributed by atoms with Gasteiger partial charge in [-0.15, -0.1) is 0 Å². The summed E-state index contributed by atoms with van der Waals surface area (Å²) in [6, 6.07) is 0. The van der Waals surface area contributed by atoms with Crippen LogP contribution in [0.25, 0.3) is 0 Å². The van der Waals surface area contributed by atoms with Crippen LogP contribution in [0.2, 0.25) is 0 Å². The topological polar surface area (TPSA) is 47.0 Å². The molecule has 1 aromatic rings. The molecule has 1 fully saturated rings. The molecular formula is C13H23N3OS. The smallest absolute Gasteiger partial charge is 0.202 e. The Labute approximate surface area is 113 Å². The van der Waals surface area contributed by atoms with Crippen molar-refractivity contribution in [2.45, 2.75) is 57.5 Å². The molecule has 0 aliphatic heterocycles. The second-order valence-corrected chi connectivity index (χ2v) is 5.71. The van der Waals surface area contributed by atoms with Crippen molar-refractivity contribution in [1.29, 1.82) is 0 Å². The van der Waals surface area contributed by atoms with E-state index in [0.717, 1.165) is 36.8 Å². The molecule has 1 N–H and O–H groups in total. The first-order chi connectivity index (χ1) is 8.80. The molecule has 0 unspecified atom stereocenters. The van der Waals surface area contributed by atoms with Crippen LogP contribution in [0.5, 0.6) is 0 Å². The molecule has 1 aromatic heterocycles. The van der Waals surface area contributed by atoms with Crippen molar-refractivity contribution in [2.75, 3.05) is 19.0 Å². The van der Waals surface area contributed by atoms with Gasteiger partial charge in [0.05, 0.1) is 0 Å². The third kappa shape index (κ3) is 3.01. The number of rotatable bonds is 5. The van der Waals surface area contributed by atoms with E-state index < -0.39 is 0 Å². The summed E-state index contributed by atoms with van der Waals surface area (Å²) in [5.74, 6) is 0.885. The highest BCUT2D eigenvalue weighted by Gasteiger charge is 2.36. The second kappa shape index (κ2) is 6.48. The number of aromatic nitrogens is 2. The first-order valence-electron chi connectivity index (χ1n) is 6.94. The van der Waals surface area contributed by atoms with Gasteiger partial charge >= 0.3 is 0 Å². The summed E-state index contributed by atoms with van der Waals surface area (Å²) in [5, 5.41) is 4.22. The number of nitrogens with zero attached hydrogens (tertiary/aromatic N) is 2. The van der Waals surface area contributed by atoms with E-state index in [1.165, 1.54) is 37.2 Å². The fourth-order valence-electron chi connectivity index (χ4n) is 2.53. The normalized spacial score (nSPS) is 19.4. The Morgan fingerprint density at radius 2 is 2.00 bits per heavy atom. The first kappa shape index (κ1) is 13.7. The van der Waals surface area contributed by atoms with Crippen LogP contribution in [0.3, 0.4) is 0 Å². The lowest BCUT2D eigenvalue weighted by Crippen LogP contribution is -2.29. The quantitative estimate of drug-likeness (QED) is 0.830. The second-order valence-electron chi connectivity index (χ2n) is 4.96. The van der Waals surface area contributed by atoms with Gasteiger partial charge in [-0.05, 0) is 19.3 Å². The van der Waals surface area contributed by atoms with Gasteiger partial charge in [-0.25, -0.2) is 4.98 Å². The summed E-state index contributed by atoms with van der Waals surface area (Å²) in [4.78, 5) is 4.63. The SMILES string of the molecule is CCCNc1nc(C2(OC)CCCCCC2)ns1. The Balaban J connectivity index is 2.12. The lowest BCUT2D eigenvalue weighted by atomic mass is 9.93. The minimum absolute atomic E-state index is 0.237. The van der Waals surface area contributed by atoms with E-state index >= 15 is 0 Å². The van der Waals surface area contributed by atoms with E-state index in [-0.39, 0.29) is 5.60 Å². The van der Waals surface area contributed by atoms with Crippen molar-refractivity contribution >= 4 is 16.7 Å². The van der Waals surface area contributed by atoms with E-state index in [4.69, 9.17) is 4.74 Å². The van der Waals surface area contributed by atoms with Gasteiger partial charge in [0.15, 0.2) is 5.82 Å². The zero-order chi connectivity index (χ0) is 12.8. The Bertz CT molecular complexity index is 359. The van der Waals surface area contributed by atoms with Crippen LogP contribution in [0, 0.1) is 0 Å². The Hall–Kier alpha value is -0.680. The Morgan fingerprint density at radius 3 is 2.61 bits per heavy atom. The Kier molecular flexibility index (Phi) is 4.95. The predicted molar refractivity (Wildman–Crippen MR) is 75.1 cm³/mol. The van der Waals surface area contributed by atoms with Crippen LogP contribution in [0.1, 0.15) is 57.7 Å². The van der Waals surface area contributed by atoms with Gasteiger partial charge in [-0.2, -0.15) is 4.37 Å². The molecule has 5 heteroatoms. The molecule has 2 rings (SSSR count). The summed E-state index contributed by atoms with van der Waals surface area (Å²) in [7, 11) is 1.80. The highest BCUT2D eigenvalue weighted by atomic mass is 32.1. The third-order valence-electron chi connectivity index (χ3n) is 3.66. The maximum Gasteiger partial charge on any atom is 0.202 e. The van der Waals surface area contributed by atoms with Crippen LogP contribution in [0.4, 0.5) is 5.13 Å². The van der Waals surface area contributed by atoms with Crippen molar-refractivity contribution < 1.29 is 4.74 Å². The number of nitrogens with one attached hydrogen (secondary N) is 1. The van der Waals surface area contributed by atoms with E-state index in [1.54, 1.807) is 7.11 Å². The van der Waals surface area contributed by atoms with Crippen molar-refractivity contribution in [3.05, 3.63) is 5.82 Å². The fourth-order valence-corrected chi connectivity index (χ4v) is 3.20. The minimum Gasteiger partial charge on any atom is -0.370 e. The number of ether oxygens (including phenoxy) is 1. The Morgan fingerprint density at radius 1 is 1.28 bits per heavy atom. The van der Waals surface area contributed by atoms with E-state index in [0.29, 0.717) is 0 Å². The average molecular weight is 269 g/mol. The highest BCUT2D eigenvalue weighted by molar-refractivity contribution is 7.09. The summed E-state index contributed by atoms with van der Waals surface area (Å²) >= 11 is 1.45. The van der Waals surface area contributed by atoms with Gasteiger partial charge in [0, 0.05) is 25.2 Å². The molecule has 0 bridgehead atoms. The molecule has 1 aliphatic carbocycles. The lowest BCUT2D eigenvalue weighted by Gasteiger charge is -2.28. The molecule has 102 valence electrons. The van der Waals surface area contributed by atoms with E-state index in [2.05, 4.69) is 21.6 Å². The zero-order valence-corrected chi connectivity index (χ0v) is 12.2. The average Bonchev–Trinajstić information content (AvgIpc) is 2.74. The van der Waals surface area contributed by atoms with Gasteiger partial charge in [-0.3, -0.25) is 0 Å². The summed E-state index contributed by atoms with van der Waals surface area (Å²) < 4.78 is 10.3. The number of hydrogen-bond donors (Lipinski definition) is 1. The van der Waals surface area contributed by atoms with E-state index in [9.17, 15) is 0 Å². The molecule has 1 heterocycles. The molecule has 18 heavy (non-hydrogen) atoms.